The SMILES string of the molecule is CCOC(=O)CCc1ccccc1C(=O)N1CCCC[C@H]1COc1cccc(O)c1C=O. The first-order chi connectivity index (χ1) is 15.5. The number of amides is 1. The van der Waals surface area contributed by atoms with Gasteiger partial charge in [-0.2, -0.15) is 0 Å². The van der Waals surface area contributed by atoms with E-state index in [0.717, 1.165) is 24.8 Å². The Hall–Kier alpha value is -3.35. The molecular formula is C25H29NO6. The van der Waals surface area contributed by atoms with E-state index in [1.54, 1.807) is 25.1 Å². The zero-order chi connectivity index (χ0) is 22.9. The van der Waals surface area contributed by atoms with Crippen molar-refractivity contribution in [1.29, 1.82) is 0 Å². The van der Waals surface area contributed by atoms with Gasteiger partial charge in [-0.1, -0.05) is 24.3 Å². The molecule has 2 aromatic rings. The molecule has 1 amide bonds. The fourth-order valence-corrected chi connectivity index (χ4v) is 3.98. The first-order valence-electron chi connectivity index (χ1n) is 11.0. The molecule has 0 spiro atoms. The molecule has 1 atom stereocenters. The number of aldehydes is 1. The van der Waals surface area contributed by atoms with Crippen LogP contribution < -0.4 is 4.74 Å². The zero-order valence-corrected chi connectivity index (χ0v) is 18.3. The normalized spacial score (nSPS) is 15.8. The molecule has 0 radical (unpaired) electrons. The van der Waals surface area contributed by atoms with Gasteiger partial charge < -0.3 is 19.5 Å². The van der Waals surface area contributed by atoms with E-state index in [4.69, 9.17) is 9.47 Å². The number of piperidine rings is 1. The molecule has 0 unspecified atom stereocenters. The molecule has 32 heavy (non-hydrogen) atoms. The fourth-order valence-electron chi connectivity index (χ4n) is 3.98. The molecule has 0 aromatic heterocycles. The monoisotopic (exact) mass is 439 g/mol. The highest BCUT2D eigenvalue weighted by Gasteiger charge is 2.29. The van der Waals surface area contributed by atoms with Crippen LogP contribution in [0.25, 0.3) is 0 Å². The van der Waals surface area contributed by atoms with Gasteiger partial charge in [0.25, 0.3) is 5.91 Å². The Morgan fingerprint density at radius 3 is 2.75 bits per heavy atom. The standard InChI is InChI=1S/C25H29NO6/c1-2-31-24(29)14-13-18-8-3-4-10-20(18)25(30)26-15-6-5-9-19(26)17-32-23-12-7-11-22(28)21(23)16-27/h3-4,7-8,10-12,16,19,28H,2,5-6,9,13-15,17H2,1H3/t19-/m0/s1. The summed E-state index contributed by atoms with van der Waals surface area (Å²) in [6.07, 6.45) is 3.88. The third-order valence-electron chi connectivity index (χ3n) is 5.63. The number of aryl methyl sites for hydroxylation is 1. The zero-order valence-electron chi connectivity index (χ0n) is 18.3. The third-order valence-corrected chi connectivity index (χ3v) is 5.63. The highest BCUT2D eigenvalue weighted by Crippen LogP contribution is 2.27. The van der Waals surface area contributed by atoms with E-state index in [9.17, 15) is 19.5 Å². The summed E-state index contributed by atoms with van der Waals surface area (Å²) in [5, 5.41) is 9.86. The van der Waals surface area contributed by atoms with Crippen LogP contribution in [0.15, 0.2) is 42.5 Å². The molecule has 1 aliphatic rings. The molecule has 0 aliphatic carbocycles. The summed E-state index contributed by atoms with van der Waals surface area (Å²) in [7, 11) is 0. The van der Waals surface area contributed by atoms with E-state index in [2.05, 4.69) is 0 Å². The van der Waals surface area contributed by atoms with Gasteiger partial charge in [-0.25, -0.2) is 0 Å². The number of hydrogen-bond acceptors (Lipinski definition) is 6. The summed E-state index contributed by atoms with van der Waals surface area (Å²) in [6.45, 7) is 2.93. The second-order valence-corrected chi connectivity index (χ2v) is 7.73. The number of likely N-dealkylation sites (tertiary alicyclic amines) is 1. The van der Waals surface area contributed by atoms with Crippen LogP contribution in [0.5, 0.6) is 11.5 Å². The first-order valence-corrected chi connectivity index (χ1v) is 11.0. The van der Waals surface area contributed by atoms with Crippen molar-refractivity contribution in [3.8, 4) is 11.5 Å². The summed E-state index contributed by atoms with van der Waals surface area (Å²) in [5.41, 5.74) is 1.49. The Bertz CT molecular complexity index is 957. The van der Waals surface area contributed by atoms with E-state index < -0.39 is 0 Å². The Labute approximate surface area is 187 Å². The van der Waals surface area contributed by atoms with Gasteiger partial charge in [0.15, 0.2) is 6.29 Å². The van der Waals surface area contributed by atoms with Gasteiger partial charge in [0, 0.05) is 18.5 Å². The van der Waals surface area contributed by atoms with Crippen LogP contribution in [0.4, 0.5) is 0 Å². The largest absolute Gasteiger partial charge is 0.507 e. The van der Waals surface area contributed by atoms with E-state index in [1.807, 2.05) is 23.1 Å². The second kappa shape index (κ2) is 11.3. The van der Waals surface area contributed by atoms with E-state index in [0.29, 0.717) is 37.2 Å². The minimum absolute atomic E-state index is 0.0933. The number of phenols is 1. The summed E-state index contributed by atoms with van der Waals surface area (Å²) < 4.78 is 10.9. The summed E-state index contributed by atoms with van der Waals surface area (Å²) in [6, 6.07) is 11.8. The Morgan fingerprint density at radius 1 is 1.16 bits per heavy atom. The summed E-state index contributed by atoms with van der Waals surface area (Å²) in [5.74, 6) is -0.210. The smallest absolute Gasteiger partial charge is 0.306 e. The van der Waals surface area contributed by atoms with E-state index in [1.165, 1.54) is 6.07 Å². The molecule has 7 heteroatoms. The molecular weight excluding hydrogens is 410 g/mol. The van der Waals surface area contributed by atoms with Gasteiger partial charge >= 0.3 is 5.97 Å². The summed E-state index contributed by atoms with van der Waals surface area (Å²) >= 11 is 0. The quantitative estimate of drug-likeness (QED) is 0.472. The maximum Gasteiger partial charge on any atom is 0.306 e. The number of aromatic hydroxyl groups is 1. The van der Waals surface area contributed by atoms with Crippen molar-refractivity contribution in [3.05, 3.63) is 59.2 Å². The van der Waals surface area contributed by atoms with E-state index >= 15 is 0 Å². The number of nitrogens with zero attached hydrogens (tertiary/aromatic N) is 1. The predicted octanol–water partition coefficient (Wildman–Crippen LogP) is 3.77. The number of hydrogen-bond donors (Lipinski definition) is 1. The van der Waals surface area contributed by atoms with Crippen molar-refractivity contribution in [2.45, 2.75) is 45.1 Å². The average molecular weight is 440 g/mol. The van der Waals surface area contributed by atoms with Crippen LogP contribution in [0.2, 0.25) is 0 Å². The van der Waals surface area contributed by atoms with Gasteiger partial charge in [-0.05, 0) is 56.4 Å². The van der Waals surface area contributed by atoms with Gasteiger partial charge in [-0.3, -0.25) is 14.4 Å². The van der Waals surface area contributed by atoms with E-state index in [-0.39, 0.29) is 42.3 Å². The molecule has 7 nitrogen and oxygen atoms in total. The van der Waals surface area contributed by atoms with Crippen LogP contribution >= 0.6 is 0 Å². The van der Waals surface area contributed by atoms with Crippen molar-refractivity contribution < 1.29 is 29.0 Å². The van der Waals surface area contributed by atoms with Crippen molar-refractivity contribution >= 4 is 18.2 Å². The molecule has 0 saturated carbocycles. The van der Waals surface area contributed by atoms with Crippen molar-refractivity contribution in [2.24, 2.45) is 0 Å². The van der Waals surface area contributed by atoms with Gasteiger partial charge in [-0.15, -0.1) is 0 Å². The minimum atomic E-state index is -0.281. The molecule has 0 bridgehead atoms. The van der Waals surface area contributed by atoms with Gasteiger partial charge in [0.05, 0.1) is 18.2 Å². The Balaban J connectivity index is 1.73. The maximum absolute atomic E-state index is 13.4. The summed E-state index contributed by atoms with van der Waals surface area (Å²) in [4.78, 5) is 38.3. The first kappa shape index (κ1) is 23.3. The maximum atomic E-state index is 13.4. The van der Waals surface area contributed by atoms with Crippen LogP contribution in [0.3, 0.4) is 0 Å². The molecule has 1 heterocycles. The lowest BCUT2D eigenvalue weighted by atomic mass is 9.98. The van der Waals surface area contributed by atoms with Gasteiger partial charge in [0.2, 0.25) is 0 Å². The minimum Gasteiger partial charge on any atom is -0.507 e. The number of ether oxygens (including phenoxy) is 2. The molecule has 3 rings (SSSR count). The molecule has 1 fully saturated rings. The van der Waals surface area contributed by atoms with Crippen molar-refractivity contribution in [3.63, 3.8) is 0 Å². The van der Waals surface area contributed by atoms with Crippen molar-refractivity contribution in [1.82, 2.24) is 4.90 Å². The number of carbonyl (C=O) groups is 3. The number of esters is 1. The molecule has 1 saturated heterocycles. The van der Waals surface area contributed by atoms with Crippen LogP contribution in [0, 0.1) is 0 Å². The highest BCUT2D eigenvalue weighted by atomic mass is 16.5. The fraction of sp³-hybridized carbons (Fsp3) is 0.400. The highest BCUT2D eigenvalue weighted by molar-refractivity contribution is 5.96. The van der Waals surface area contributed by atoms with Crippen LogP contribution in [0.1, 0.15) is 58.9 Å². The van der Waals surface area contributed by atoms with Crippen molar-refractivity contribution in [2.75, 3.05) is 19.8 Å². The molecule has 170 valence electrons. The second-order valence-electron chi connectivity index (χ2n) is 7.73. The lowest BCUT2D eigenvalue weighted by Crippen LogP contribution is -2.47. The lowest BCUT2D eigenvalue weighted by Gasteiger charge is -2.36. The van der Waals surface area contributed by atoms with Crippen LogP contribution in [-0.4, -0.2) is 54.0 Å². The van der Waals surface area contributed by atoms with Gasteiger partial charge in [0.1, 0.15) is 18.1 Å². The number of rotatable bonds is 9. The Morgan fingerprint density at radius 2 is 1.97 bits per heavy atom. The Kier molecular flexibility index (Phi) is 8.25. The van der Waals surface area contributed by atoms with Crippen LogP contribution in [-0.2, 0) is 16.0 Å². The molecule has 1 aliphatic heterocycles. The predicted molar refractivity (Wildman–Crippen MR) is 119 cm³/mol. The molecule has 1 N–H and O–H groups in total. The number of phenolic OH excluding ortho intramolecular Hbond substituents is 1. The third kappa shape index (κ3) is 5.66. The lowest BCUT2D eigenvalue weighted by molar-refractivity contribution is -0.143. The topological polar surface area (TPSA) is 93.1 Å². The number of benzene rings is 2. The number of carbonyl (C=O) groups excluding carboxylic acids is 3. The molecule has 2 aromatic carbocycles. The average Bonchev–Trinajstić information content (AvgIpc) is 2.81.